The van der Waals surface area contributed by atoms with Crippen molar-refractivity contribution in [1.29, 1.82) is 0 Å². The lowest BCUT2D eigenvalue weighted by atomic mass is 10.0. The molecule has 15 heavy (non-hydrogen) atoms. The summed E-state index contributed by atoms with van der Waals surface area (Å²) in [4.78, 5) is 13.9. The van der Waals surface area contributed by atoms with Crippen LogP contribution in [0.15, 0.2) is 0 Å². The summed E-state index contributed by atoms with van der Waals surface area (Å²) in [6, 6.07) is 0. The van der Waals surface area contributed by atoms with E-state index in [1.807, 2.05) is 11.9 Å². The molecule has 1 rings (SSSR count). The first-order chi connectivity index (χ1) is 7.19. The molecule has 1 N–H and O–H groups in total. The van der Waals surface area contributed by atoms with Crippen LogP contribution in [0.4, 0.5) is 0 Å². The predicted octanol–water partition coefficient (Wildman–Crippen LogP) is 1.49. The van der Waals surface area contributed by atoms with E-state index in [0.29, 0.717) is 11.8 Å². The molecule has 0 aromatic rings. The van der Waals surface area contributed by atoms with Crippen molar-refractivity contribution < 1.29 is 4.79 Å². The van der Waals surface area contributed by atoms with Gasteiger partial charge in [0, 0.05) is 19.5 Å². The Morgan fingerprint density at radius 1 is 1.47 bits per heavy atom. The molecule has 3 nitrogen and oxygen atoms in total. The van der Waals surface area contributed by atoms with Crippen molar-refractivity contribution in [3.63, 3.8) is 0 Å². The summed E-state index contributed by atoms with van der Waals surface area (Å²) in [5.74, 6) is 1.21. The lowest BCUT2D eigenvalue weighted by Gasteiger charge is -2.24. The van der Waals surface area contributed by atoms with E-state index in [9.17, 15) is 4.79 Å². The number of carbonyl (C=O) groups excluding carboxylic acids is 1. The minimum Gasteiger partial charge on any atom is -0.345 e. The number of hydrogen-bond acceptors (Lipinski definition) is 2. The van der Waals surface area contributed by atoms with Crippen LogP contribution in [0.1, 0.15) is 33.1 Å². The molecule has 3 heteroatoms. The summed E-state index contributed by atoms with van der Waals surface area (Å²) >= 11 is 0. The van der Waals surface area contributed by atoms with Crippen LogP contribution in [0.2, 0.25) is 0 Å². The Bertz CT molecular complexity index is 196. The average molecular weight is 212 g/mol. The zero-order valence-electron chi connectivity index (χ0n) is 10.3. The van der Waals surface area contributed by atoms with Crippen LogP contribution in [-0.2, 0) is 4.79 Å². The number of hydrogen-bond donors (Lipinski definition) is 1. The van der Waals surface area contributed by atoms with Gasteiger partial charge < -0.3 is 10.2 Å². The fraction of sp³-hybridized carbons (Fsp3) is 0.917. The quantitative estimate of drug-likeness (QED) is 0.749. The van der Waals surface area contributed by atoms with E-state index < -0.39 is 0 Å². The molecule has 0 saturated carbocycles. The number of rotatable bonds is 5. The van der Waals surface area contributed by atoms with Gasteiger partial charge in [-0.05, 0) is 38.3 Å². The van der Waals surface area contributed by atoms with Gasteiger partial charge >= 0.3 is 0 Å². The Kier molecular flexibility index (Phi) is 5.09. The highest BCUT2D eigenvalue weighted by Crippen LogP contribution is 2.14. The second-order valence-electron chi connectivity index (χ2n) is 4.59. The molecule has 1 heterocycles. The van der Waals surface area contributed by atoms with Crippen LogP contribution in [0.25, 0.3) is 0 Å². The molecule has 1 saturated heterocycles. The van der Waals surface area contributed by atoms with E-state index in [4.69, 9.17) is 0 Å². The molecule has 88 valence electrons. The van der Waals surface area contributed by atoms with Crippen molar-refractivity contribution in [2.75, 3.05) is 26.7 Å². The monoisotopic (exact) mass is 212 g/mol. The summed E-state index contributed by atoms with van der Waals surface area (Å²) in [6.07, 6.45) is 3.13. The Morgan fingerprint density at radius 2 is 2.13 bits per heavy atom. The van der Waals surface area contributed by atoms with Crippen molar-refractivity contribution in [1.82, 2.24) is 10.2 Å². The van der Waals surface area contributed by atoms with E-state index in [-0.39, 0.29) is 5.92 Å². The maximum Gasteiger partial charge on any atom is 0.225 e. The van der Waals surface area contributed by atoms with Crippen LogP contribution in [0.3, 0.4) is 0 Å². The van der Waals surface area contributed by atoms with Crippen molar-refractivity contribution in [3.8, 4) is 0 Å². The SMILES string of the molecule is CCC(CC)C(=O)N(C)CC1CCNC1. The van der Waals surface area contributed by atoms with E-state index in [1.54, 1.807) is 0 Å². The zero-order valence-corrected chi connectivity index (χ0v) is 10.3. The van der Waals surface area contributed by atoms with Crippen LogP contribution in [0.5, 0.6) is 0 Å². The third-order valence-corrected chi connectivity index (χ3v) is 3.41. The fourth-order valence-electron chi connectivity index (χ4n) is 2.30. The second kappa shape index (κ2) is 6.11. The molecule has 0 aromatic carbocycles. The highest BCUT2D eigenvalue weighted by molar-refractivity contribution is 5.78. The molecule has 0 radical (unpaired) electrons. The second-order valence-corrected chi connectivity index (χ2v) is 4.59. The van der Waals surface area contributed by atoms with Crippen LogP contribution in [-0.4, -0.2) is 37.5 Å². The van der Waals surface area contributed by atoms with E-state index >= 15 is 0 Å². The van der Waals surface area contributed by atoms with Gasteiger partial charge in [0.15, 0.2) is 0 Å². The number of nitrogens with one attached hydrogen (secondary N) is 1. The van der Waals surface area contributed by atoms with Crippen LogP contribution >= 0.6 is 0 Å². The molecule has 1 fully saturated rings. The summed E-state index contributed by atoms with van der Waals surface area (Å²) in [6.45, 7) is 7.29. The lowest BCUT2D eigenvalue weighted by molar-refractivity contribution is -0.134. The number of carbonyl (C=O) groups is 1. The molecule has 0 spiro atoms. The molecule has 0 aromatic heterocycles. The highest BCUT2D eigenvalue weighted by atomic mass is 16.2. The first-order valence-electron chi connectivity index (χ1n) is 6.14. The van der Waals surface area contributed by atoms with Crippen molar-refractivity contribution in [2.24, 2.45) is 11.8 Å². The van der Waals surface area contributed by atoms with Gasteiger partial charge in [0.2, 0.25) is 5.91 Å². The Labute approximate surface area is 93.2 Å². The third kappa shape index (κ3) is 3.49. The van der Waals surface area contributed by atoms with Gasteiger partial charge in [-0.15, -0.1) is 0 Å². The Morgan fingerprint density at radius 3 is 2.60 bits per heavy atom. The van der Waals surface area contributed by atoms with E-state index in [0.717, 1.165) is 32.5 Å². The van der Waals surface area contributed by atoms with Crippen LogP contribution < -0.4 is 5.32 Å². The van der Waals surface area contributed by atoms with E-state index in [1.165, 1.54) is 6.42 Å². The summed E-state index contributed by atoms with van der Waals surface area (Å²) in [5, 5.41) is 3.34. The zero-order chi connectivity index (χ0) is 11.3. The molecule has 1 aliphatic rings. The first kappa shape index (κ1) is 12.5. The number of amides is 1. The average Bonchev–Trinajstić information content (AvgIpc) is 2.72. The van der Waals surface area contributed by atoms with Crippen molar-refractivity contribution >= 4 is 5.91 Å². The minimum atomic E-state index is 0.226. The predicted molar refractivity (Wildman–Crippen MR) is 62.7 cm³/mol. The maximum atomic E-state index is 12.0. The summed E-state index contributed by atoms with van der Waals surface area (Å²) < 4.78 is 0. The Hall–Kier alpha value is -0.570. The van der Waals surface area contributed by atoms with Gasteiger partial charge in [0.1, 0.15) is 0 Å². The van der Waals surface area contributed by atoms with Gasteiger partial charge in [-0.25, -0.2) is 0 Å². The molecular formula is C12H24N2O. The smallest absolute Gasteiger partial charge is 0.225 e. The summed E-state index contributed by atoms with van der Waals surface area (Å²) in [7, 11) is 1.94. The van der Waals surface area contributed by atoms with Crippen molar-refractivity contribution in [3.05, 3.63) is 0 Å². The molecular weight excluding hydrogens is 188 g/mol. The van der Waals surface area contributed by atoms with Crippen LogP contribution in [0, 0.1) is 11.8 Å². The maximum absolute atomic E-state index is 12.0. The standard InChI is InChI=1S/C12H24N2O/c1-4-11(5-2)12(15)14(3)9-10-6-7-13-8-10/h10-11,13H,4-9H2,1-3H3. The molecule has 0 aliphatic carbocycles. The molecule has 1 aliphatic heterocycles. The largest absolute Gasteiger partial charge is 0.345 e. The first-order valence-corrected chi connectivity index (χ1v) is 6.14. The highest BCUT2D eigenvalue weighted by Gasteiger charge is 2.22. The summed E-state index contributed by atoms with van der Waals surface area (Å²) in [5.41, 5.74) is 0. The van der Waals surface area contributed by atoms with Gasteiger partial charge in [-0.1, -0.05) is 13.8 Å². The minimum absolute atomic E-state index is 0.226. The molecule has 1 unspecified atom stereocenters. The number of nitrogens with zero attached hydrogens (tertiary/aromatic N) is 1. The van der Waals surface area contributed by atoms with Gasteiger partial charge in [0.25, 0.3) is 0 Å². The fourth-order valence-corrected chi connectivity index (χ4v) is 2.30. The van der Waals surface area contributed by atoms with E-state index in [2.05, 4.69) is 19.2 Å². The normalized spacial score (nSPS) is 20.9. The molecule has 0 bridgehead atoms. The van der Waals surface area contributed by atoms with Gasteiger partial charge in [-0.2, -0.15) is 0 Å². The molecule has 1 atom stereocenters. The van der Waals surface area contributed by atoms with Crippen molar-refractivity contribution in [2.45, 2.75) is 33.1 Å². The molecule has 1 amide bonds. The van der Waals surface area contributed by atoms with Gasteiger partial charge in [0.05, 0.1) is 0 Å². The Balaban J connectivity index is 2.37. The third-order valence-electron chi connectivity index (χ3n) is 3.41. The lowest BCUT2D eigenvalue weighted by Crippen LogP contribution is -2.36. The topological polar surface area (TPSA) is 32.3 Å². The van der Waals surface area contributed by atoms with Gasteiger partial charge in [-0.3, -0.25) is 4.79 Å².